The van der Waals surface area contributed by atoms with Crippen molar-refractivity contribution in [3.8, 4) is 0 Å². The Bertz CT molecular complexity index is 483. The van der Waals surface area contributed by atoms with E-state index in [2.05, 4.69) is 75.8 Å². The molecule has 2 aliphatic heterocycles. The molecule has 6 nitrogen and oxygen atoms in total. The lowest BCUT2D eigenvalue weighted by atomic mass is 10.0. The number of nitrogens with zero attached hydrogens (tertiary/aromatic N) is 3. The summed E-state index contributed by atoms with van der Waals surface area (Å²) in [7, 11) is 0. The van der Waals surface area contributed by atoms with Crippen LogP contribution in [0.15, 0.2) is 4.99 Å². The Morgan fingerprint density at radius 3 is 2.26 bits per heavy atom. The molecule has 2 heterocycles. The van der Waals surface area contributed by atoms with Crippen LogP contribution < -0.4 is 10.6 Å². The molecule has 0 amide bonds. The summed E-state index contributed by atoms with van der Waals surface area (Å²) in [5, 5.41) is 7.14. The Hall–Kier alpha value is -0.850. The molecule has 0 aromatic rings. The molecule has 27 heavy (non-hydrogen) atoms. The molecule has 6 heteroatoms. The van der Waals surface area contributed by atoms with Crippen molar-refractivity contribution in [3.63, 3.8) is 0 Å². The SMILES string of the molecule is CCNC(=NCC(C)(C)N1CC(C)OC(C)C1)NC1CN(C(C)C)CC1C. The standard InChI is InChI=1S/C21H43N5O/c1-9-22-20(24-19-13-25(15(2)3)10-16(19)4)23-14-21(7,8)26-11-17(5)27-18(6)12-26/h15-19H,9-14H2,1-8H3,(H2,22,23,24). The van der Waals surface area contributed by atoms with E-state index < -0.39 is 0 Å². The van der Waals surface area contributed by atoms with Gasteiger partial charge in [0.2, 0.25) is 0 Å². The van der Waals surface area contributed by atoms with E-state index in [9.17, 15) is 0 Å². The van der Waals surface area contributed by atoms with Crippen molar-refractivity contribution < 1.29 is 4.74 Å². The van der Waals surface area contributed by atoms with Crippen LogP contribution in [-0.2, 0) is 4.74 Å². The monoisotopic (exact) mass is 381 g/mol. The van der Waals surface area contributed by atoms with Crippen LogP contribution in [-0.4, -0.2) is 84.9 Å². The quantitative estimate of drug-likeness (QED) is 0.545. The minimum atomic E-state index is 0.0138. The van der Waals surface area contributed by atoms with Gasteiger partial charge in [-0.2, -0.15) is 0 Å². The molecule has 2 aliphatic rings. The number of rotatable bonds is 6. The predicted molar refractivity (Wildman–Crippen MR) is 114 cm³/mol. The predicted octanol–water partition coefficient (Wildman–Crippen LogP) is 2.16. The van der Waals surface area contributed by atoms with Crippen molar-refractivity contribution in [2.24, 2.45) is 10.9 Å². The molecule has 0 aromatic heterocycles. The maximum absolute atomic E-state index is 5.90. The Kier molecular flexibility index (Phi) is 7.95. The lowest BCUT2D eigenvalue weighted by Crippen LogP contribution is -2.56. The van der Waals surface area contributed by atoms with Crippen LogP contribution in [0.3, 0.4) is 0 Å². The highest BCUT2D eigenvalue weighted by atomic mass is 16.5. The third-order valence-electron chi connectivity index (χ3n) is 5.94. The fourth-order valence-corrected chi connectivity index (χ4v) is 4.15. The summed E-state index contributed by atoms with van der Waals surface area (Å²) < 4.78 is 5.90. The second-order valence-corrected chi connectivity index (χ2v) is 9.45. The Balaban J connectivity index is 1.99. The van der Waals surface area contributed by atoms with Crippen molar-refractivity contribution in [2.45, 2.75) is 85.2 Å². The highest BCUT2D eigenvalue weighted by Gasteiger charge is 2.34. The molecular weight excluding hydrogens is 338 g/mol. The van der Waals surface area contributed by atoms with E-state index in [0.29, 0.717) is 18.0 Å². The number of aliphatic imine (C=N–C) groups is 1. The summed E-state index contributed by atoms with van der Waals surface area (Å²) in [6.07, 6.45) is 0.564. The summed E-state index contributed by atoms with van der Waals surface area (Å²) in [6.45, 7) is 23.8. The van der Waals surface area contributed by atoms with Gasteiger partial charge in [-0.05, 0) is 54.4 Å². The average molecular weight is 382 g/mol. The maximum atomic E-state index is 5.90. The maximum Gasteiger partial charge on any atom is 0.191 e. The minimum Gasteiger partial charge on any atom is -0.373 e. The number of morpholine rings is 1. The van der Waals surface area contributed by atoms with Crippen LogP contribution in [0.2, 0.25) is 0 Å². The summed E-state index contributed by atoms with van der Waals surface area (Å²) in [4.78, 5) is 10.0. The van der Waals surface area contributed by atoms with Crippen molar-refractivity contribution in [3.05, 3.63) is 0 Å². The van der Waals surface area contributed by atoms with Gasteiger partial charge in [-0.15, -0.1) is 0 Å². The third-order valence-corrected chi connectivity index (χ3v) is 5.94. The fourth-order valence-electron chi connectivity index (χ4n) is 4.15. The second-order valence-electron chi connectivity index (χ2n) is 9.45. The van der Waals surface area contributed by atoms with Gasteiger partial charge in [0.05, 0.1) is 18.8 Å². The van der Waals surface area contributed by atoms with E-state index >= 15 is 0 Å². The van der Waals surface area contributed by atoms with Gasteiger partial charge in [0.25, 0.3) is 0 Å². The Morgan fingerprint density at radius 2 is 1.74 bits per heavy atom. The third kappa shape index (κ3) is 6.33. The zero-order valence-electron chi connectivity index (χ0n) is 18.9. The molecule has 0 bridgehead atoms. The molecule has 2 fully saturated rings. The van der Waals surface area contributed by atoms with Crippen molar-refractivity contribution in [1.82, 2.24) is 20.4 Å². The summed E-state index contributed by atoms with van der Waals surface area (Å²) in [5.74, 6) is 1.58. The second kappa shape index (κ2) is 9.57. The van der Waals surface area contributed by atoms with Crippen molar-refractivity contribution >= 4 is 5.96 Å². The molecule has 0 radical (unpaired) electrons. The molecule has 158 valence electrons. The first kappa shape index (κ1) is 22.4. The average Bonchev–Trinajstić information content (AvgIpc) is 2.93. The van der Waals surface area contributed by atoms with E-state index in [1.807, 2.05) is 0 Å². The normalized spacial score (nSPS) is 31.5. The molecule has 2 rings (SSSR count). The lowest BCUT2D eigenvalue weighted by Gasteiger charge is -2.44. The molecule has 0 aliphatic carbocycles. The zero-order chi connectivity index (χ0) is 20.2. The highest BCUT2D eigenvalue weighted by Crippen LogP contribution is 2.22. The molecule has 0 spiro atoms. The molecule has 0 saturated carbocycles. The number of nitrogens with one attached hydrogen (secondary N) is 2. The Morgan fingerprint density at radius 1 is 1.11 bits per heavy atom. The van der Waals surface area contributed by atoms with Crippen LogP contribution >= 0.6 is 0 Å². The summed E-state index contributed by atoms with van der Waals surface area (Å²) in [5.41, 5.74) is 0.0138. The van der Waals surface area contributed by atoms with Gasteiger partial charge < -0.3 is 15.4 Å². The van der Waals surface area contributed by atoms with E-state index in [4.69, 9.17) is 9.73 Å². The first-order chi connectivity index (χ1) is 12.6. The van der Waals surface area contributed by atoms with Crippen LogP contribution in [0.1, 0.15) is 55.4 Å². The summed E-state index contributed by atoms with van der Waals surface area (Å²) >= 11 is 0. The van der Waals surface area contributed by atoms with E-state index in [1.54, 1.807) is 0 Å². The van der Waals surface area contributed by atoms with Crippen molar-refractivity contribution in [1.29, 1.82) is 0 Å². The van der Waals surface area contributed by atoms with Crippen LogP contribution in [0.5, 0.6) is 0 Å². The van der Waals surface area contributed by atoms with Gasteiger partial charge >= 0.3 is 0 Å². The van der Waals surface area contributed by atoms with Crippen LogP contribution in [0.4, 0.5) is 0 Å². The largest absolute Gasteiger partial charge is 0.373 e. The first-order valence-electron chi connectivity index (χ1n) is 10.8. The van der Waals surface area contributed by atoms with Gasteiger partial charge in [-0.3, -0.25) is 14.8 Å². The minimum absolute atomic E-state index is 0.0138. The number of likely N-dealkylation sites (tertiary alicyclic amines) is 1. The summed E-state index contributed by atoms with van der Waals surface area (Å²) in [6, 6.07) is 1.06. The fraction of sp³-hybridized carbons (Fsp3) is 0.952. The van der Waals surface area contributed by atoms with E-state index in [1.165, 1.54) is 0 Å². The zero-order valence-corrected chi connectivity index (χ0v) is 18.9. The molecule has 4 unspecified atom stereocenters. The van der Waals surface area contributed by atoms with Crippen molar-refractivity contribution in [2.75, 3.05) is 39.3 Å². The van der Waals surface area contributed by atoms with Crippen LogP contribution in [0, 0.1) is 5.92 Å². The lowest BCUT2D eigenvalue weighted by molar-refractivity contribution is -0.0939. The van der Waals surface area contributed by atoms with Gasteiger partial charge in [-0.25, -0.2) is 0 Å². The smallest absolute Gasteiger partial charge is 0.191 e. The highest BCUT2D eigenvalue weighted by molar-refractivity contribution is 5.80. The number of guanidine groups is 1. The number of ether oxygens (including phenoxy) is 1. The van der Waals surface area contributed by atoms with E-state index in [-0.39, 0.29) is 17.7 Å². The van der Waals surface area contributed by atoms with Gasteiger partial charge in [0, 0.05) is 50.3 Å². The van der Waals surface area contributed by atoms with Gasteiger partial charge in [0.15, 0.2) is 5.96 Å². The molecule has 2 saturated heterocycles. The van der Waals surface area contributed by atoms with Gasteiger partial charge in [0.1, 0.15) is 0 Å². The molecular formula is C21H43N5O. The van der Waals surface area contributed by atoms with Crippen LogP contribution in [0.25, 0.3) is 0 Å². The topological polar surface area (TPSA) is 52.1 Å². The Labute approximate surface area is 167 Å². The van der Waals surface area contributed by atoms with E-state index in [0.717, 1.165) is 45.2 Å². The number of hydrogen-bond acceptors (Lipinski definition) is 4. The molecule has 2 N–H and O–H groups in total. The van der Waals surface area contributed by atoms with Gasteiger partial charge in [-0.1, -0.05) is 6.92 Å². The first-order valence-corrected chi connectivity index (χ1v) is 10.8. The number of hydrogen-bond donors (Lipinski definition) is 2. The molecule has 0 aromatic carbocycles. The molecule has 4 atom stereocenters.